The molecule has 0 aliphatic rings. The van der Waals surface area contributed by atoms with E-state index >= 15 is 0 Å². The first kappa shape index (κ1) is 16.5. The van der Waals surface area contributed by atoms with E-state index in [0.29, 0.717) is 0 Å². The van der Waals surface area contributed by atoms with Crippen LogP contribution >= 0.6 is 27.5 Å². The maximum atomic E-state index is 6.12. The van der Waals surface area contributed by atoms with E-state index in [2.05, 4.69) is 51.4 Å². The first-order valence-corrected chi connectivity index (χ1v) is 7.98. The van der Waals surface area contributed by atoms with E-state index in [-0.39, 0.29) is 6.04 Å². The molecule has 0 spiro atoms. The lowest BCUT2D eigenvalue weighted by Crippen LogP contribution is -2.25. The third kappa shape index (κ3) is 4.07. The van der Waals surface area contributed by atoms with Crippen LogP contribution in [-0.2, 0) is 6.54 Å². The van der Waals surface area contributed by atoms with E-state index in [9.17, 15) is 0 Å². The molecule has 1 aromatic heterocycles. The van der Waals surface area contributed by atoms with Gasteiger partial charge in [0, 0.05) is 11.6 Å². The van der Waals surface area contributed by atoms with E-state index < -0.39 is 0 Å². The minimum Gasteiger partial charge on any atom is -0.308 e. The first-order chi connectivity index (χ1) is 10.0. The van der Waals surface area contributed by atoms with Gasteiger partial charge in [0.25, 0.3) is 0 Å². The Morgan fingerprint density at radius 3 is 2.81 bits per heavy atom. The number of aromatic nitrogens is 2. The first-order valence-electron chi connectivity index (χ1n) is 6.81. The summed E-state index contributed by atoms with van der Waals surface area (Å²) in [6.45, 7) is 1.78. The normalized spacial score (nSPS) is 12.9. The molecule has 0 bridgehead atoms. The second-order valence-electron chi connectivity index (χ2n) is 5.18. The fourth-order valence-electron chi connectivity index (χ4n) is 2.28. The number of likely N-dealkylation sites (N-methyl/N-ethyl adjacent to an activating group) is 1. The van der Waals surface area contributed by atoms with Gasteiger partial charge in [0.1, 0.15) is 0 Å². The van der Waals surface area contributed by atoms with Crippen molar-refractivity contribution in [1.29, 1.82) is 0 Å². The van der Waals surface area contributed by atoms with Crippen molar-refractivity contribution in [3.63, 3.8) is 0 Å². The van der Waals surface area contributed by atoms with E-state index in [4.69, 9.17) is 11.6 Å². The van der Waals surface area contributed by atoms with Gasteiger partial charge in [0.2, 0.25) is 0 Å². The van der Waals surface area contributed by atoms with E-state index in [1.807, 2.05) is 36.1 Å². The van der Waals surface area contributed by atoms with Gasteiger partial charge in [0.05, 0.1) is 29.0 Å². The standard InChI is InChI=1S/C15H20BrClN4/c1-18-14(11-5-4-6-12(17)9-11)15-13(16)10-19-21(15)8-7-20(2)3/h4-6,9-10,14,18H,7-8H2,1-3H3. The highest BCUT2D eigenvalue weighted by Crippen LogP contribution is 2.29. The van der Waals surface area contributed by atoms with Gasteiger partial charge in [-0.15, -0.1) is 0 Å². The van der Waals surface area contributed by atoms with Crippen molar-refractivity contribution in [1.82, 2.24) is 20.0 Å². The summed E-state index contributed by atoms with van der Waals surface area (Å²) in [5.74, 6) is 0. The molecule has 0 aliphatic carbocycles. The van der Waals surface area contributed by atoms with Crippen LogP contribution < -0.4 is 5.32 Å². The molecule has 1 heterocycles. The lowest BCUT2D eigenvalue weighted by Gasteiger charge is -2.20. The van der Waals surface area contributed by atoms with Crippen LogP contribution in [0.2, 0.25) is 5.02 Å². The number of nitrogens with zero attached hydrogens (tertiary/aromatic N) is 3. The van der Waals surface area contributed by atoms with Crippen LogP contribution in [0.5, 0.6) is 0 Å². The second kappa shape index (κ2) is 7.40. The van der Waals surface area contributed by atoms with Crippen molar-refractivity contribution in [3.8, 4) is 0 Å². The van der Waals surface area contributed by atoms with Gasteiger partial charge in [-0.25, -0.2) is 0 Å². The Labute approximate surface area is 139 Å². The van der Waals surface area contributed by atoms with Crippen molar-refractivity contribution in [3.05, 3.63) is 51.2 Å². The zero-order valence-electron chi connectivity index (χ0n) is 12.5. The van der Waals surface area contributed by atoms with Gasteiger partial charge in [0.15, 0.2) is 0 Å². The predicted molar refractivity (Wildman–Crippen MR) is 90.8 cm³/mol. The van der Waals surface area contributed by atoms with Gasteiger partial charge in [-0.05, 0) is 54.8 Å². The molecular formula is C15H20BrClN4. The smallest absolute Gasteiger partial charge is 0.0757 e. The highest BCUT2D eigenvalue weighted by atomic mass is 79.9. The molecule has 1 aromatic carbocycles. The fraction of sp³-hybridized carbons (Fsp3) is 0.400. The molecule has 0 saturated carbocycles. The van der Waals surface area contributed by atoms with Crippen LogP contribution in [0.4, 0.5) is 0 Å². The number of halogens is 2. The predicted octanol–water partition coefficient (Wildman–Crippen LogP) is 3.17. The average molecular weight is 372 g/mol. The Morgan fingerprint density at radius 2 is 2.19 bits per heavy atom. The summed E-state index contributed by atoms with van der Waals surface area (Å²) in [6.07, 6.45) is 1.85. The van der Waals surface area contributed by atoms with Gasteiger partial charge < -0.3 is 10.2 Å². The lowest BCUT2D eigenvalue weighted by atomic mass is 10.0. The topological polar surface area (TPSA) is 33.1 Å². The molecule has 0 amide bonds. The Bertz CT molecular complexity index is 597. The summed E-state index contributed by atoms with van der Waals surface area (Å²) in [5.41, 5.74) is 2.24. The number of benzene rings is 1. The monoisotopic (exact) mass is 370 g/mol. The summed E-state index contributed by atoms with van der Waals surface area (Å²) < 4.78 is 3.03. The maximum Gasteiger partial charge on any atom is 0.0757 e. The largest absolute Gasteiger partial charge is 0.308 e. The average Bonchev–Trinajstić information content (AvgIpc) is 2.79. The molecular weight excluding hydrogens is 352 g/mol. The SMILES string of the molecule is CNC(c1cccc(Cl)c1)c1c(Br)cnn1CCN(C)C. The molecule has 0 fully saturated rings. The Balaban J connectivity index is 2.35. The molecule has 1 N–H and O–H groups in total. The van der Waals surface area contributed by atoms with Crippen molar-refractivity contribution in [2.45, 2.75) is 12.6 Å². The fourth-order valence-corrected chi connectivity index (χ4v) is 3.00. The third-order valence-electron chi connectivity index (χ3n) is 3.34. The summed E-state index contributed by atoms with van der Waals surface area (Å²) in [6, 6.07) is 7.95. The lowest BCUT2D eigenvalue weighted by molar-refractivity contribution is 0.366. The second-order valence-corrected chi connectivity index (χ2v) is 6.47. The highest BCUT2D eigenvalue weighted by molar-refractivity contribution is 9.10. The van der Waals surface area contributed by atoms with Crippen molar-refractivity contribution in [2.24, 2.45) is 0 Å². The molecule has 1 unspecified atom stereocenters. The van der Waals surface area contributed by atoms with E-state index in [0.717, 1.165) is 33.8 Å². The van der Waals surface area contributed by atoms with Crippen LogP contribution in [0.1, 0.15) is 17.3 Å². The van der Waals surface area contributed by atoms with Crippen LogP contribution in [0.25, 0.3) is 0 Å². The maximum absolute atomic E-state index is 6.12. The zero-order chi connectivity index (χ0) is 15.4. The Kier molecular flexibility index (Phi) is 5.81. The van der Waals surface area contributed by atoms with E-state index in [1.165, 1.54) is 0 Å². The van der Waals surface area contributed by atoms with Crippen LogP contribution in [0.15, 0.2) is 34.9 Å². The minimum absolute atomic E-state index is 0.0442. The molecule has 2 rings (SSSR count). The van der Waals surface area contributed by atoms with Crippen LogP contribution in [0.3, 0.4) is 0 Å². The highest BCUT2D eigenvalue weighted by Gasteiger charge is 2.20. The zero-order valence-corrected chi connectivity index (χ0v) is 14.8. The summed E-state index contributed by atoms with van der Waals surface area (Å²) in [7, 11) is 6.07. The quantitative estimate of drug-likeness (QED) is 0.846. The Hall–Kier alpha value is -0.880. The Morgan fingerprint density at radius 1 is 1.43 bits per heavy atom. The van der Waals surface area contributed by atoms with Gasteiger partial charge in [-0.1, -0.05) is 23.7 Å². The van der Waals surface area contributed by atoms with E-state index in [1.54, 1.807) is 0 Å². The molecule has 4 nitrogen and oxygen atoms in total. The van der Waals surface area contributed by atoms with Crippen molar-refractivity contribution >= 4 is 27.5 Å². The summed E-state index contributed by atoms with van der Waals surface area (Å²) >= 11 is 9.73. The number of nitrogens with one attached hydrogen (secondary N) is 1. The van der Waals surface area contributed by atoms with Crippen molar-refractivity contribution < 1.29 is 0 Å². The third-order valence-corrected chi connectivity index (χ3v) is 4.18. The minimum atomic E-state index is 0.0442. The van der Waals surface area contributed by atoms with Crippen LogP contribution in [-0.4, -0.2) is 42.4 Å². The number of hydrogen-bond donors (Lipinski definition) is 1. The molecule has 0 saturated heterocycles. The molecule has 6 heteroatoms. The van der Waals surface area contributed by atoms with Gasteiger partial charge >= 0.3 is 0 Å². The number of rotatable bonds is 6. The summed E-state index contributed by atoms with van der Waals surface area (Å²) in [4.78, 5) is 2.15. The van der Waals surface area contributed by atoms with Crippen LogP contribution in [0, 0.1) is 0 Å². The molecule has 21 heavy (non-hydrogen) atoms. The van der Waals surface area contributed by atoms with Crippen molar-refractivity contribution in [2.75, 3.05) is 27.7 Å². The molecule has 2 aromatic rings. The van der Waals surface area contributed by atoms with Gasteiger partial charge in [-0.3, -0.25) is 4.68 Å². The van der Waals surface area contributed by atoms with Gasteiger partial charge in [-0.2, -0.15) is 5.10 Å². The number of hydrogen-bond acceptors (Lipinski definition) is 3. The molecule has 0 radical (unpaired) electrons. The molecule has 1 atom stereocenters. The summed E-state index contributed by atoms with van der Waals surface area (Å²) in [5, 5.41) is 8.57. The molecule has 114 valence electrons. The molecule has 0 aliphatic heterocycles.